The van der Waals surface area contributed by atoms with E-state index in [0.717, 1.165) is 24.2 Å². The summed E-state index contributed by atoms with van der Waals surface area (Å²) in [7, 11) is 0. The Morgan fingerprint density at radius 2 is 0.706 bits per heavy atom. The van der Waals surface area contributed by atoms with E-state index in [9.17, 15) is 0 Å². The molecule has 5 rings (SSSR count). The molecule has 0 spiro atoms. The molecule has 0 amide bonds. The van der Waals surface area contributed by atoms with Gasteiger partial charge in [-0.25, -0.2) is 0 Å². The van der Waals surface area contributed by atoms with Crippen LogP contribution in [0.15, 0.2) is 97.1 Å². The summed E-state index contributed by atoms with van der Waals surface area (Å²) in [5, 5.41) is 0. The molecule has 0 aliphatic rings. The molecule has 0 aliphatic heterocycles. The van der Waals surface area contributed by atoms with Gasteiger partial charge in [-0.05, 0) is 150 Å². The van der Waals surface area contributed by atoms with Crippen molar-refractivity contribution in [3.8, 4) is 0 Å². The summed E-state index contributed by atoms with van der Waals surface area (Å²) >= 11 is 0. The zero-order chi connectivity index (χ0) is 37.5. The minimum atomic E-state index is 0.0774. The largest absolute Gasteiger partial charge is 0.310 e. The fourth-order valence-corrected chi connectivity index (χ4v) is 7.20. The van der Waals surface area contributed by atoms with Gasteiger partial charge in [0.05, 0.1) is 11.4 Å². The molecule has 2 heteroatoms. The maximum absolute atomic E-state index is 2.46. The fraction of sp³-hybridized carbons (Fsp3) is 0.388. The Labute approximate surface area is 310 Å². The first-order valence-corrected chi connectivity index (χ1v) is 19.0. The van der Waals surface area contributed by atoms with Gasteiger partial charge >= 0.3 is 0 Å². The summed E-state index contributed by atoms with van der Waals surface area (Å²) in [5.41, 5.74) is 18.0. The summed E-state index contributed by atoms with van der Waals surface area (Å²) in [6.07, 6.45) is 2.12. The predicted octanol–water partition coefficient (Wildman–Crippen LogP) is 14.7. The number of anilines is 6. The van der Waals surface area contributed by atoms with E-state index < -0.39 is 0 Å². The van der Waals surface area contributed by atoms with Gasteiger partial charge in [-0.2, -0.15) is 0 Å². The number of hydrogen-bond acceptors (Lipinski definition) is 2. The summed E-state index contributed by atoms with van der Waals surface area (Å²) in [5.74, 6) is 0. The molecule has 0 aromatic heterocycles. The first kappa shape index (κ1) is 37.9. The molecule has 0 bridgehead atoms. The predicted molar refractivity (Wildman–Crippen MR) is 225 cm³/mol. The van der Waals surface area contributed by atoms with Gasteiger partial charge in [0.1, 0.15) is 0 Å². The quantitative estimate of drug-likeness (QED) is 0.153. The van der Waals surface area contributed by atoms with Crippen molar-refractivity contribution in [2.75, 3.05) is 9.80 Å². The lowest BCUT2D eigenvalue weighted by molar-refractivity contribution is 0.506. The molecule has 0 radical (unpaired) electrons. The van der Waals surface area contributed by atoms with Crippen LogP contribution in [0.1, 0.15) is 120 Å². The molecule has 0 heterocycles. The maximum Gasteiger partial charge on any atom is 0.0520 e. The summed E-state index contributed by atoms with van der Waals surface area (Å²) in [6, 6.07) is 37.1. The van der Waals surface area contributed by atoms with Crippen molar-refractivity contribution in [3.05, 3.63) is 142 Å². The third-order valence-electron chi connectivity index (χ3n) is 10.9. The second-order valence-corrected chi connectivity index (χ2v) is 17.4. The Hall–Kier alpha value is -4.30. The van der Waals surface area contributed by atoms with Gasteiger partial charge in [0.2, 0.25) is 0 Å². The minimum Gasteiger partial charge on any atom is -0.310 e. The van der Waals surface area contributed by atoms with E-state index in [1.165, 1.54) is 67.3 Å². The van der Waals surface area contributed by atoms with Crippen molar-refractivity contribution in [2.24, 2.45) is 0 Å². The Balaban J connectivity index is 1.69. The lowest BCUT2D eigenvalue weighted by Gasteiger charge is -2.33. The van der Waals surface area contributed by atoms with Gasteiger partial charge in [0.25, 0.3) is 0 Å². The average molecular weight is 679 g/mol. The second kappa shape index (κ2) is 14.4. The third-order valence-corrected chi connectivity index (χ3v) is 10.9. The standard InChI is InChI=1S/C49H62N2/c1-15-37-17-21-41(22-18-37)50(45-33(3)29-39(30-34(45)4)47(7,8)9)43-25-27-44(28-26-43)51(42-23-19-38(20-24-42)49(13,14)16-2)46-35(5)31-40(32-36(46)6)48(10,11)12/h17-32H,15-16H2,1-14H3. The van der Waals surface area contributed by atoms with E-state index in [1.807, 2.05) is 0 Å². The van der Waals surface area contributed by atoms with Crippen molar-refractivity contribution < 1.29 is 0 Å². The molecule has 268 valence electrons. The van der Waals surface area contributed by atoms with Crippen LogP contribution in [0, 0.1) is 27.7 Å². The Kier molecular flexibility index (Phi) is 10.7. The van der Waals surface area contributed by atoms with Crippen molar-refractivity contribution in [3.63, 3.8) is 0 Å². The van der Waals surface area contributed by atoms with Crippen LogP contribution in [0.3, 0.4) is 0 Å². The Bertz CT molecular complexity index is 1920. The van der Waals surface area contributed by atoms with Gasteiger partial charge in [0, 0.05) is 22.7 Å². The van der Waals surface area contributed by atoms with Crippen LogP contribution >= 0.6 is 0 Å². The van der Waals surface area contributed by atoms with E-state index in [0.29, 0.717) is 0 Å². The fourth-order valence-electron chi connectivity index (χ4n) is 7.20. The van der Waals surface area contributed by atoms with Gasteiger partial charge in [-0.3, -0.25) is 0 Å². The molecule has 0 saturated heterocycles. The molecular formula is C49H62N2. The van der Waals surface area contributed by atoms with Gasteiger partial charge < -0.3 is 9.80 Å². The number of nitrogens with zero attached hydrogens (tertiary/aromatic N) is 2. The lowest BCUT2D eigenvalue weighted by atomic mass is 9.82. The summed E-state index contributed by atoms with van der Waals surface area (Å²) in [6.45, 7) is 32.0. The van der Waals surface area contributed by atoms with E-state index in [2.05, 4.69) is 204 Å². The topological polar surface area (TPSA) is 6.48 Å². The van der Waals surface area contributed by atoms with E-state index in [-0.39, 0.29) is 16.2 Å². The van der Waals surface area contributed by atoms with Crippen molar-refractivity contribution in [1.82, 2.24) is 0 Å². The molecule has 0 aliphatic carbocycles. The van der Waals surface area contributed by atoms with E-state index >= 15 is 0 Å². The smallest absolute Gasteiger partial charge is 0.0520 e. The Morgan fingerprint density at radius 1 is 0.412 bits per heavy atom. The first-order chi connectivity index (χ1) is 23.8. The monoisotopic (exact) mass is 678 g/mol. The molecule has 2 nitrogen and oxygen atoms in total. The second-order valence-electron chi connectivity index (χ2n) is 17.4. The highest BCUT2D eigenvalue weighted by Gasteiger charge is 2.25. The van der Waals surface area contributed by atoms with Gasteiger partial charge in [0.15, 0.2) is 0 Å². The molecule has 0 fully saturated rings. The van der Waals surface area contributed by atoms with Crippen molar-refractivity contribution in [1.29, 1.82) is 0 Å². The molecule has 0 unspecified atom stereocenters. The highest BCUT2D eigenvalue weighted by Crippen LogP contribution is 2.45. The number of benzene rings is 5. The summed E-state index contributed by atoms with van der Waals surface area (Å²) in [4.78, 5) is 4.90. The molecule has 5 aromatic carbocycles. The molecule has 5 aromatic rings. The number of hydrogen-bond donors (Lipinski definition) is 0. The molecule has 0 N–H and O–H groups in total. The lowest BCUT2D eigenvalue weighted by Crippen LogP contribution is -2.18. The highest BCUT2D eigenvalue weighted by molar-refractivity contribution is 5.85. The molecule has 0 saturated carbocycles. The maximum atomic E-state index is 2.46. The highest BCUT2D eigenvalue weighted by atomic mass is 15.2. The van der Waals surface area contributed by atoms with Crippen LogP contribution in [-0.2, 0) is 22.7 Å². The van der Waals surface area contributed by atoms with Crippen LogP contribution < -0.4 is 9.80 Å². The molecular weight excluding hydrogens is 617 g/mol. The normalized spacial score (nSPS) is 12.3. The summed E-state index contributed by atoms with van der Waals surface area (Å²) < 4.78 is 0. The van der Waals surface area contributed by atoms with Crippen LogP contribution in [0.2, 0.25) is 0 Å². The van der Waals surface area contributed by atoms with Crippen molar-refractivity contribution in [2.45, 2.75) is 126 Å². The molecule has 51 heavy (non-hydrogen) atoms. The SMILES string of the molecule is CCc1ccc(N(c2ccc(N(c3ccc(C(C)(C)CC)cc3)c3c(C)cc(C(C)(C)C)cc3C)cc2)c2c(C)cc(C(C)(C)C)cc2C)cc1. The minimum absolute atomic E-state index is 0.0774. The van der Waals surface area contributed by atoms with Crippen LogP contribution in [0.4, 0.5) is 34.1 Å². The number of aryl methyl sites for hydroxylation is 5. The van der Waals surface area contributed by atoms with Gasteiger partial charge in [-0.1, -0.05) is 118 Å². The van der Waals surface area contributed by atoms with Gasteiger partial charge in [-0.15, -0.1) is 0 Å². The van der Waals surface area contributed by atoms with Crippen molar-refractivity contribution >= 4 is 34.1 Å². The zero-order valence-corrected chi connectivity index (χ0v) is 34.0. The van der Waals surface area contributed by atoms with Crippen LogP contribution in [0.5, 0.6) is 0 Å². The van der Waals surface area contributed by atoms with E-state index in [4.69, 9.17) is 0 Å². The van der Waals surface area contributed by atoms with Crippen LogP contribution in [0.25, 0.3) is 0 Å². The first-order valence-electron chi connectivity index (χ1n) is 19.0. The Morgan fingerprint density at radius 3 is 0.980 bits per heavy atom. The average Bonchev–Trinajstić information content (AvgIpc) is 3.07. The molecule has 0 atom stereocenters. The van der Waals surface area contributed by atoms with Crippen LogP contribution in [-0.4, -0.2) is 0 Å². The van der Waals surface area contributed by atoms with E-state index in [1.54, 1.807) is 0 Å². The zero-order valence-electron chi connectivity index (χ0n) is 34.0. The third kappa shape index (κ3) is 7.96. The number of rotatable bonds is 9.